The molecule has 1 aromatic heterocycles. The van der Waals surface area contributed by atoms with Gasteiger partial charge in [0.15, 0.2) is 0 Å². The Hall–Kier alpha value is -1.83. The van der Waals surface area contributed by atoms with Gasteiger partial charge in [0.25, 0.3) is 5.91 Å². The molecule has 110 valence electrons. The molecule has 1 rings (SSSR count). The first-order chi connectivity index (χ1) is 9.16. The summed E-state index contributed by atoms with van der Waals surface area (Å²) in [7, 11) is 0. The van der Waals surface area contributed by atoms with Crippen LogP contribution in [0, 0.1) is 6.92 Å². The monoisotopic (exact) mass is 299 g/mol. The van der Waals surface area contributed by atoms with Gasteiger partial charge in [0.1, 0.15) is 5.03 Å². The Kier molecular flexibility index (Phi) is 4.93. The number of hydrogen-bond donors (Lipinski definition) is 3. The standard InChI is InChI=1S/C12H17N3O4S/c1-6-8(10(20-4)14-11(19)13-6)9(18)15-12(2,3)5-7(16)17/h5H2,1-4H3,(H,15,18)(H,16,17)(H,13,14,19). The number of carboxylic acid groups (broad SMARTS) is 1. The van der Waals surface area contributed by atoms with Gasteiger partial charge < -0.3 is 15.4 Å². The van der Waals surface area contributed by atoms with Crippen molar-refractivity contribution in [3.8, 4) is 0 Å². The molecule has 0 spiro atoms. The number of rotatable bonds is 5. The molecular formula is C12H17N3O4S. The first-order valence-electron chi connectivity index (χ1n) is 5.85. The quantitative estimate of drug-likeness (QED) is 0.547. The zero-order valence-corrected chi connectivity index (χ0v) is 12.6. The predicted molar refractivity (Wildman–Crippen MR) is 75.2 cm³/mol. The van der Waals surface area contributed by atoms with E-state index in [4.69, 9.17) is 5.11 Å². The van der Waals surface area contributed by atoms with Gasteiger partial charge in [-0.1, -0.05) is 0 Å². The molecule has 0 saturated heterocycles. The van der Waals surface area contributed by atoms with Crippen LogP contribution in [0.4, 0.5) is 0 Å². The Balaban J connectivity index is 3.10. The van der Waals surface area contributed by atoms with Gasteiger partial charge in [-0.2, -0.15) is 4.98 Å². The number of aromatic amines is 1. The van der Waals surface area contributed by atoms with Gasteiger partial charge >= 0.3 is 11.7 Å². The third kappa shape index (κ3) is 4.09. The van der Waals surface area contributed by atoms with Crippen LogP contribution in [-0.2, 0) is 4.79 Å². The number of aliphatic carboxylic acids is 1. The molecule has 0 aliphatic carbocycles. The van der Waals surface area contributed by atoms with E-state index in [9.17, 15) is 14.4 Å². The van der Waals surface area contributed by atoms with E-state index in [-0.39, 0.29) is 12.0 Å². The van der Waals surface area contributed by atoms with E-state index in [1.165, 1.54) is 11.8 Å². The minimum atomic E-state index is -1.00. The highest BCUT2D eigenvalue weighted by atomic mass is 32.2. The van der Waals surface area contributed by atoms with E-state index < -0.39 is 23.1 Å². The normalized spacial score (nSPS) is 11.2. The van der Waals surface area contributed by atoms with E-state index >= 15 is 0 Å². The van der Waals surface area contributed by atoms with Crippen LogP contribution in [0.5, 0.6) is 0 Å². The third-order valence-corrected chi connectivity index (χ3v) is 3.23. The highest BCUT2D eigenvalue weighted by molar-refractivity contribution is 7.98. The maximum Gasteiger partial charge on any atom is 0.346 e. The van der Waals surface area contributed by atoms with Gasteiger partial charge in [-0.05, 0) is 27.0 Å². The van der Waals surface area contributed by atoms with Crippen molar-refractivity contribution in [3.05, 3.63) is 21.7 Å². The lowest BCUT2D eigenvalue weighted by molar-refractivity contribution is -0.138. The van der Waals surface area contributed by atoms with Gasteiger partial charge in [0.05, 0.1) is 12.0 Å². The highest BCUT2D eigenvalue weighted by Crippen LogP contribution is 2.19. The molecule has 0 aromatic carbocycles. The zero-order chi connectivity index (χ0) is 15.5. The topological polar surface area (TPSA) is 112 Å². The van der Waals surface area contributed by atoms with Crippen LogP contribution in [0.2, 0.25) is 0 Å². The Morgan fingerprint density at radius 1 is 1.45 bits per heavy atom. The Morgan fingerprint density at radius 3 is 2.55 bits per heavy atom. The maximum absolute atomic E-state index is 12.3. The average Bonchev–Trinajstić information content (AvgIpc) is 2.24. The fourth-order valence-electron chi connectivity index (χ4n) is 1.77. The fraction of sp³-hybridized carbons (Fsp3) is 0.500. The molecule has 0 fully saturated rings. The van der Waals surface area contributed by atoms with E-state index in [1.54, 1.807) is 27.0 Å². The largest absolute Gasteiger partial charge is 0.481 e. The van der Waals surface area contributed by atoms with Crippen molar-refractivity contribution in [2.24, 2.45) is 0 Å². The molecule has 8 heteroatoms. The van der Waals surface area contributed by atoms with Crippen molar-refractivity contribution in [1.82, 2.24) is 15.3 Å². The molecule has 0 atom stereocenters. The minimum absolute atomic E-state index is 0.205. The molecule has 0 radical (unpaired) electrons. The third-order valence-electron chi connectivity index (χ3n) is 2.55. The number of hydrogen-bond acceptors (Lipinski definition) is 5. The lowest BCUT2D eigenvalue weighted by atomic mass is 10.00. The first kappa shape index (κ1) is 16.2. The number of thioether (sulfide) groups is 1. The molecule has 1 amide bonds. The van der Waals surface area contributed by atoms with E-state index in [0.717, 1.165) is 0 Å². The smallest absolute Gasteiger partial charge is 0.346 e. The maximum atomic E-state index is 12.3. The van der Waals surface area contributed by atoms with Crippen molar-refractivity contribution in [2.75, 3.05) is 6.26 Å². The Bertz CT molecular complexity index is 595. The summed E-state index contributed by atoms with van der Waals surface area (Å²) in [6.07, 6.45) is 1.50. The lowest BCUT2D eigenvalue weighted by Crippen LogP contribution is -2.45. The molecule has 0 aliphatic rings. The summed E-state index contributed by atoms with van der Waals surface area (Å²) in [5.41, 5.74) is -0.761. The number of aryl methyl sites for hydroxylation is 1. The lowest BCUT2D eigenvalue weighted by Gasteiger charge is -2.25. The van der Waals surface area contributed by atoms with E-state index in [0.29, 0.717) is 10.7 Å². The zero-order valence-electron chi connectivity index (χ0n) is 11.7. The van der Waals surface area contributed by atoms with Crippen molar-refractivity contribution in [1.29, 1.82) is 0 Å². The van der Waals surface area contributed by atoms with Gasteiger partial charge in [-0.3, -0.25) is 9.59 Å². The van der Waals surface area contributed by atoms with Crippen molar-refractivity contribution in [2.45, 2.75) is 37.8 Å². The van der Waals surface area contributed by atoms with Crippen LogP contribution in [0.15, 0.2) is 9.82 Å². The van der Waals surface area contributed by atoms with Gasteiger partial charge in [-0.25, -0.2) is 4.79 Å². The average molecular weight is 299 g/mol. The molecule has 3 N–H and O–H groups in total. The molecule has 1 aromatic rings. The highest BCUT2D eigenvalue weighted by Gasteiger charge is 2.27. The molecule has 1 heterocycles. The minimum Gasteiger partial charge on any atom is -0.481 e. The number of aromatic nitrogens is 2. The summed E-state index contributed by atoms with van der Waals surface area (Å²) in [6.45, 7) is 4.83. The molecule has 0 bridgehead atoms. The van der Waals surface area contributed by atoms with Crippen LogP contribution in [0.25, 0.3) is 0 Å². The van der Waals surface area contributed by atoms with Gasteiger partial charge in [-0.15, -0.1) is 11.8 Å². The number of H-pyrrole nitrogens is 1. The second-order valence-electron chi connectivity index (χ2n) is 4.96. The number of amides is 1. The van der Waals surface area contributed by atoms with Crippen molar-refractivity contribution >= 4 is 23.6 Å². The van der Waals surface area contributed by atoms with Crippen LogP contribution in [0.1, 0.15) is 36.3 Å². The van der Waals surface area contributed by atoms with E-state index in [2.05, 4.69) is 15.3 Å². The number of nitrogens with one attached hydrogen (secondary N) is 2. The summed E-state index contributed by atoms with van der Waals surface area (Å²) in [4.78, 5) is 40.5. The number of carbonyl (C=O) groups is 2. The summed E-state index contributed by atoms with van der Waals surface area (Å²) in [6, 6.07) is 0. The number of carboxylic acids is 1. The van der Waals surface area contributed by atoms with Crippen LogP contribution < -0.4 is 11.0 Å². The van der Waals surface area contributed by atoms with Crippen LogP contribution in [0.3, 0.4) is 0 Å². The Morgan fingerprint density at radius 2 is 2.05 bits per heavy atom. The molecular weight excluding hydrogens is 282 g/mol. The molecule has 20 heavy (non-hydrogen) atoms. The predicted octanol–water partition coefficient (Wildman–Crippen LogP) is 0.783. The van der Waals surface area contributed by atoms with E-state index in [1.807, 2.05) is 0 Å². The second-order valence-corrected chi connectivity index (χ2v) is 5.75. The van der Waals surface area contributed by atoms with Crippen molar-refractivity contribution < 1.29 is 14.7 Å². The molecule has 0 unspecified atom stereocenters. The van der Waals surface area contributed by atoms with Crippen molar-refractivity contribution in [3.63, 3.8) is 0 Å². The summed E-state index contributed by atoms with van der Waals surface area (Å²) < 4.78 is 0. The number of nitrogens with zero attached hydrogens (tertiary/aromatic N) is 1. The molecule has 7 nitrogen and oxygen atoms in total. The van der Waals surface area contributed by atoms with Gasteiger partial charge in [0, 0.05) is 11.2 Å². The summed E-state index contributed by atoms with van der Waals surface area (Å²) in [5.74, 6) is -1.46. The summed E-state index contributed by atoms with van der Waals surface area (Å²) >= 11 is 1.18. The molecule has 0 aliphatic heterocycles. The van der Waals surface area contributed by atoms with Crippen LogP contribution in [-0.4, -0.2) is 38.7 Å². The number of carbonyl (C=O) groups excluding carboxylic acids is 1. The fourth-order valence-corrected chi connectivity index (χ4v) is 2.39. The van der Waals surface area contributed by atoms with Crippen LogP contribution >= 0.6 is 11.8 Å². The van der Waals surface area contributed by atoms with Gasteiger partial charge in [0.2, 0.25) is 0 Å². The first-order valence-corrected chi connectivity index (χ1v) is 7.08. The molecule has 0 saturated carbocycles. The summed E-state index contributed by atoms with van der Waals surface area (Å²) in [5, 5.41) is 11.8. The SMILES string of the molecule is CSc1nc(=O)[nH]c(C)c1C(=O)NC(C)(C)CC(=O)O. The Labute approximate surface area is 120 Å². The second kappa shape index (κ2) is 6.08.